The van der Waals surface area contributed by atoms with Crippen LogP contribution in [0.15, 0.2) is 23.0 Å². The lowest BCUT2D eigenvalue weighted by Gasteiger charge is -2.18. The second-order valence-corrected chi connectivity index (χ2v) is 4.24. The Labute approximate surface area is 88.0 Å². The summed E-state index contributed by atoms with van der Waals surface area (Å²) < 4.78 is 5.01. The third-order valence-electron chi connectivity index (χ3n) is 1.92. The van der Waals surface area contributed by atoms with Crippen LogP contribution in [0.25, 0.3) is 0 Å². The van der Waals surface area contributed by atoms with Crippen LogP contribution >= 0.6 is 15.9 Å². The van der Waals surface area contributed by atoms with Gasteiger partial charge < -0.3 is 9.32 Å². The molecule has 2 nitrogen and oxygen atoms in total. The molecule has 1 rings (SSSR count). The van der Waals surface area contributed by atoms with E-state index < -0.39 is 0 Å². The van der Waals surface area contributed by atoms with Crippen LogP contribution in [0.4, 0.5) is 0 Å². The van der Waals surface area contributed by atoms with Gasteiger partial charge in [-0.05, 0) is 19.0 Å². The number of hydrogen-bond donors (Lipinski definition) is 0. The molecule has 0 saturated heterocycles. The van der Waals surface area contributed by atoms with Gasteiger partial charge in [0.15, 0.2) is 0 Å². The van der Waals surface area contributed by atoms with Gasteiger partial charge in [-0.3, -0.25) is 0 Å². The van der Waals surface area contributed by atoms with Crippen molar-refractivity contribution < 1.29 is 4.42 Å². The fourth-order valence-corrected chi connectivity index (χ4v) is 1.54. The van der Waals surface area contributed by atoms with E-state index in [-0.39, 0.29) is 0 Å². The average molecular weight is 246 g/mol. The van der Waals surface area contributed by atoms with Crippen molar-refractivity contribution in [2.24, 2.45) is 5.92 Å². The van der Waals surface area contributed by atoms with Crippen molar-refractivity contribution >= 4 is 15.9 Å². The highest BCUT2D eigenvalue weighted by molar-refractivity contribution is 9.09. The number of furan rings is 1. The SMILES string of the molecule is CC(CBr)CN(C)Cc1ccoc1. The minimum atomic E-state index is 0.692. The molecule has 0 aromatic carbocycles. The maximum atomic E-state index is 5.01. The van der Waals surface area contributed by atoms with Crippen LogP contribution < -0.4 is 0 Å². The van der Waals surface area contributed by atoms with E-state index in [1.165, 1.54) is 5.56 Å². The van der Waals surface area contributed by atoms with Gasteiger partial charge in [-0.15, -0.1) is 0 Å². The standard InChI is InChI=1S/C10H16BrNO/c1-9(5-11)6-12(2)7-10-3-4-13-8-10/h3-4,8-9H,5-7H2,1-2H3. The Morgan fingerprint density at radius 2 is 2.38 bits per heavy atom. The number of rotatable bonds is 5. The zero-order valence-electron chi connectivity index (χ0n) is 8.16. The maximum Gasteiger partial charge on any atom is 0.0947 e. The van der Waals surface area contributed by atoms with Gasteiger partial charge in [0.1, 0.15) is 0 Å². The molecule has 1 unspecified atom stereocenters. The molecule has 13 heavy (non-hydrogen) atoms. The van der Waals surface area contributed by atoms with Crippen molar-refractivity contribution in [2.75, 3.05) is 18.9 Å². The molecule has 0 N–H and O–H groups in total. The number of alkyl halides is 1. The summed E-state index contributed by atoms with van der Waals surface area (Å²) in [5, 5.41) is 1.06. The van der Waals surface area contributed by atoms with E-state index in [4.69, 9.17) is 4.42 Å². The van der Waals surface area contributed by atoms with Gasteiger partial charge in [0.2, 0.25) is 0 Å². The van der Waals surface area contributed by atoms with Crippen molar-refractivity contribution in [3.05, 3.63) is 24.2 Å². The van der Waals surface area contributed by atoms with E-state index in [0.717, 1.165) is 18.4 Å². The van der Waals surface area contributed by atoms with Crippen LogP contribution in [0.3, 0.4) is 0 Å². The molecular formula is C10H16BrNO. The van der Waals surface area contributed by atoms with Crippen molar-refractivity contribution in [2.45, 2.75) is 13.5 Å². The Morgan fingerprint density at radius 1 is 1.62 bits per heavy atom. The van der Waals surface area contributed by atoms with Crippen molar-refractivity contribution in [1.82, 2.24) is 4.90 Å². The fraction of sp³-hybridized carbons (Fsp3) is 0.600. The molecule has 0 radical (unpaired) electrons. The Balaban J connectivity index is 2.29. The molecule has 0 aliphatic heterocycles. The van der Waals surface area contributed by atoms with Gasteiger partial charge in [0.05, 0.1) is 12.5 Å². The molecule has 1 heterocycles. The summed E-state index contributed by atoms with van der Waals surface area (Å²) in [4.78, 5) is 2.30. The van der Waals surface area contributed by atoms with Crippen molar-refractivity contribution in [1.29, 1.82) is 0 Å². The van der Waals surface area contributed by atoms with E-state index in [1.54, 1.807) is 12.5 Å². The third kappa shape index (κ3) is 3.96. The summed E-state index contributed by atoms with van der Waals surface area (Å²) in [6, 6.07) is 2.01. The van der Waals surface area contributed by atoms with Crippen LogP contribution in [0, 0.1) is 5.92 Å². The van der Waals surface area contributed by atoms with E-state index in [1.807, 2.05) is 6.07 Å². The lowest BCUT2D eigenvalue weighted by atomic mass is 10.2. The van der Waals surface area contributed by atoms with Crippen molar-refractivity contribution in [3.63, 3.8) is 0 Å². The van der Waals surface area contributed by atoms with Crippen LogP contribution in [-0.2, 0) is 6.54 Å². The highest BCUT2D eigenvalue weighted by Crippen LogP contribution is 2.07. The maximum absolute atomic E-state index is 5.01. The highest BCUT2D eigenvalue weighted by Gasteiger charge is 2.05. The van der Waals surface area contributed by atoms with Gasteiger partial charge in [-0.25, -0.2) is 0 Å². The Hall–Kier alpha value is -0.280. The van der Waals surface area contributed by atoms with Crippen LogP contribution in [0.2, 0.25) is 0 Å². The van der Waals surface area contributed by atoms with Crippen LogP contribution in [0.1, 0.15) is 12.5 Å². The van der Waals surface area contributed by atoms with Crippen molar-refractivity contribution in [3.8, 4) is 0 Å². The Bertz CT molecular complexity index is 223. The molecule has 0 aliphatic carbocycles. The van der Waals surface area contributed by atoms with Gasteiger partial charge in [0, 0.05) is 24.0 Å². The van der Waals surface area contributed by atoms with E-state index in [9.17, 15) is 0 Å². The predicted octanol–water partition coefficient (Wildman–Crippen LogP) is 2.74. The molecule has 0 fully saturated rings. The van der Waals surface area contributed by atoms with Gasteiger partial charge in [-0.1, -0.05) is 22.9 Å². The highest BCUT2D eigenvalue weighted by atomic mass is 79.9. The first-order valence-corrected chi connectivity index (χ1v) is 5.60. The first kappa shape index (κ1) is 10.8. The number of hydrogen-bond acceptors (Lipinski definition) is 2. The summed E-state index contributed by atoms with van der Waals surface area (Å²) in [5.74, 6) is 0.692. The molecule has 74 valence electrons. The smallest absolute Gasteiger partial charge is 0.0947 e. The van der Waals surface area contributed by atoms with E-state index >= 15 is 0 Å². The molecular weight excluding hydrogens is 230 g/mol. The lowest BCUT2D eigenvalue weighted by molar-refractivity contribution is 0.290. The summed E-state index contributed by atoms with van der Waals surface area (Å²) >= 11 is 3.48. The molecule has 0 amide bonds. The third-order valence-corrected chi connectivity index (χ3v) is 3.02. The summed E-state index contributed by atoms with van der Waals surface area (Å²) in [7, 11) is 2.13. The first-order chi connectivity index (χ1) is 6.22. The van der Waals surface area contributed by atoms with Gasteiger partial charge in [-0.2, -0.15) is 0 Å². The van der Waals surface area contributed by atoms with E-state index in [0.29, 0.717) is 5.92 Å². The average Bonchev–Trinajstić information content (AvgIpc) is 2.56. The largest absolute Gasteiger partial charge is 0.472 e. The Morgan fingerprint density at radius 3 is 2.92 bits per heavy atom. The zero-order valence-corrected chi connectivity index (χ0v) is 9.75. The summed E-state index contributed by atoms with van der Waals surface area (Å²) in [6.07, 6.45) is 3.52. The number of halogens is 1. The minimum absolute atomic E-state index is 0.692. The molecule has 0 spiro atoms. The first-order valence-electron chi connectivity index (χ1n) is 4.48. The fourth-order valence-electron chi connectivity index (χ4n) is 1.34. The molecule has 0 aliphatic rings. The predicted molar refractivity (Wildman–Crippen MR) is 58.0 cm³/mol. The summed E-state index contributed by atoms with van der Waals surface area (Å²) in [6.45, 7) is 4.31. The van der Waals surface area contributed by atoms with Gasteiger partial charge in [0.25, 0.3) is 0 Å². The second-order valence-electron chi connectivity index (χ2n) is 3.59. The van der Waals surface area contributed by atoms with Gasteiger partial charge >= 0.3 is 0 Å². The molecule has 0 bridgehead atoms. The quantitative estimate of drug-likeness (QED) is 0.743. The molecule has 0 saturated carbocycles. The van der Waals surface area contributed by atoms with E-state index in [2.05, 4.69) is 34.8 Å². The normalized spacial score (nSPS) is 13.5. The molecule has 1 aromatic heterocycles. The molecule has 3 heteroatoms. The monoisotopic (exact) mass is 245 g/mol. The van der Waals surface area contributed by atoms with Crippen LogP contribution in [-0.4, -0.2) is 23.8 Å². The Kier molecular flexibility index (Phi) is 4.53. The minimum Gasteiger partial charge on any atom is -0.472 e. The second kappa shape index (κ2) is 5.45. The number of nitrogens with zero attached hydrogens (tertiary/aromatic N) is 1. The zero-order chi connectivity index (χ0) is 9.68. The van der Waals surface area contributed by atoms with Crippen LogP contribution in [0.5, 0.6) is 0 Å². The topological polar surface area (TPSA) is 16.4 Å². The molecule has 1 aromatic rings. The summed E-state index contributed by atoms with van der Waals surface area (Å²) in [5.41, 5.74) is 1.24. The lowest BCUT2D eigenvalue weighted by Crippen LogP contribution is -2.24. The molecule has 1 atom stereocenters.